The molecule has 1 unspecified atom stereocenters. The van der Waals surface area contributed by atoms with Crippen LogP contribution in [-0.2, 0) is 0 Å². The van der Waals surface area contributed by atoms with E-state index in [0.29, 0.717) is 13.1 Å². The van der Waals surface area contributed by atoms with Crippen molar-refractivity contribution in [3.63, 3.8) is 0 Å². The molecule has 1 atom stereocenters. The Labute approximate surface area is 164 Å². The minimum Gasteiger partial charge on any atom is -1.00 e. The standard InChI is InChI=1S/C21H20N2OS.ClH/c24-17(14-22-16-8-2-1-3-9-16)15-23-18-10-4-6-12-20(18)25-21-13-7-5-11-19(21)23;/h1-13,17,22,24H,14-15H2;1H/p-1. The molecule has 134 valence electrons. The second-order valence-corrected chi connectivity index (χ2v) is 7.13. The topological polar surface area (TPSA) is 35.5 Å². The van der Waals surface area contributed by atoms with E-state index in [0.717, 1.165) is 17.1 Å². The van der Waals surface area contributed by atoms with Crippen LogP contribution in [0.4, 0.5) is 17.1 Å². The first kappa shape index (κ1) is 18.6. The summed E-state index contributed by atoms with van der Waals surface area (Å²) >= 11 is 1.78. The van der Waals surface area contributed by atoms with Gasteiger partial charge in [-0.2, -0.15) is 0 Å². The molecule has 3 aromatic carbocycles. The molecule has 1 heterocycles. The predicted octanol–water partition coefficient (Wildman–Crippen LogP) is 1.77. The molecule has 0 aliphatic carbocycles. The number of rotatable bonds is 5. The van der Waals surface area contributed by atoms with Gasteiger partial charge in [0.25, 0.3) is 0 Å². The number of benzene rings is 3. The number of halogens is 1. The molecule has 0 radical (unpaired) electrons. The van der Waals surface area contributed by atoms with Gasteiger partial charge in [0.1, 0.15) is 0 Å². The molecule has 0 saturated carbocycles. The van der Waals surface area contributed by atoms with Crippen molar-refractivity contribution in [3.8, 4) is 0 Å². The summed E-state index contributed by atoms with van der Waals surface area (Å²) in [5.41, 5.74) is 3.34. The van der Waals surface area contributed by atoms with Crippen LogP contribution in [-0.4, -0.2) is 24.3 Å². The molecule has 0 spiro atoms. The Morgan fingerprint density at radius 1 is 0.808 bits per heavy atom. The highest BCUT2D eigenvalue weighted by atomic mass is 35.5. The average molecular weight is 384 g/mol. The van der Waals surface area contributed by atoms with Gasteiger partial charge in [0.05, 0.1) is 24.0 Å². The Bertz CT molecular complexity index is 814. The lowest BCUT2D eigenvalue weighted by atomic mass is 10.2. The SMILES string of the molecule is OC(CNc1ccccc1)CN1c2ccccc2Sc2ccccc21.[Cl-]. The molecule has 0 fully saturated rings. The van der Waals surface area contributed by atoms with Gasteiger partial charge in [0.2, 0.25) is 0 Å². The largest absolute Gasteiger partial charge is 1.00 e. The van der Waals surface area contributed by atoms with E-state index < -0.39 is 6.10 Å². The van der Waals surface area contributed by atoms with E-state index in [-0.39, 0.29) is 12.4 Å². The van der Waals surface area contributed by atoms with Crippen molar-refractivity contribution in [1.29, 1.82) is 0 Å². The summed E-state index contributed by atoms with van der Waals surface area (Å²) in [6, 6.07) is 26.7. The van der Waals surface area contributed by atoms with Gasteiger partial charge in [0, 0.05) is 22.0 Å². The van der Waals surface area contributed by atoms with Gasteiger partial charge >= 0.3 is 0 Å². The highest BCUT2D eigenvalue weighted by Gasteiger charge is 2.24. The number of fused-ring (bicyclic) bond motifs is 2. The summed E-state index contributed by atoms with van der Waals surface area (Å²) in [7, 11) is 0. The van der Waals surface area contributed by atoms with Crippen LogP contribution < -0.4 is 22.6 Å². The fraction of sp³-hybridized carbons (Fsp3) is 0.143. The molecule has 1 aliphatic rings. The Hall–Kier alpha value is -2.14. The number of aliphatic hydroxyl groups is 1. The number of anilines is 3. The highest BCUT2D eigenvalue weighted by Crippen LogP contribution is 2.47. The molecule has 0 aromatic heterocycles. The predicted molar refractivity (Wildman–Crippen MR) is 105 cm³/mol. The summed E-state index contributed by atoms with van der Waals surface area (Å²) in [5, 5.41) is 13.9. The summed E-state index contributed by atoms with van der Waals surface area (Å²) < 4.78 is 0. The highest BCUT2D eigenvalue weighted by molar-refractivity contribution is 7.99. The second kappa shape index (κ2) is 8.49. The van der Waals surface area contributed by atoms with E-state index in [1.807, 2.05) is 30.3 Å². The van der Waals surface area contributed by atoms with Gasteiger partial charge in [0.15, 0.2) is 0 Å². The normalized spacial score (nSPS) is 13.2. The first-order valence-electron chi connectivity index (χ1n) is 8.42. The Kier molecular flexibility index (Phi) is 6.09. The van der Waals surface area contributed by atoms with Crippen molar-refractivity contribution in [1.82, 2.24) is 0 Å². The monoisotopic (exact) mass is 383 g/mol. The van der Waals surface area contributed by atoms with Crippen molar-refractivity contribution in [2.24, 2.45) is 0 Å². The molecular weight excluding hydrogens is 364 g/mol. The molecule has 26 heavy (non-hydrogen) atoms. The summed E-state index contributed by atoms with van der Waals surface area (Å²) in [6.07, 6.45) is -0.482. The lowest BCUT2D eigenvalue weighted by Crippen LogP contribution is -3.00. The lowest BCUT2D eigenvalue weighted by molar-refractivity contribution is -0.00000667. The maximum Gasteiger partial charge on any atom is 0.0891 e. The van der Waals surface area contributed by atoms with Crippen LogP contribution in [0.3, 0.4) is 0 Å². The molecule has 2 N–H and O–H groups in total. The number of nitrogens with one attached hydrogen (secondary N) is 1. The average Bonchev–Trinajstić information content (AvgIpc) is 2.67. The number of para-hydroxylation sites is 3. The van der Waals surface area contributed by atoms with Gasteiger partial charge in [-0.3, -0.25) is 0 Å². The third-order valence-corrected chi connectivity index (χ3v) is 5.37. The maximum atomic E-state index is 10.6. The number of nitrogens with zero attached hydrogens (tertiary/aromatic N) is 1. The second-order valence-electron chi connectivity index (χ2n) is 6.05. The van der Waals surface area contributed by atoms with Gasteiger partial charge in [-0.15, -0.1) is 0 Å². The zero-order chi connectivity index (χ0) is 17.1. The minimum atomic E-state index is -0.482. The molecule has 1 aliphatic heterocycles. The molecule has 0 amide bonds. The van der Waals surface area contributed by atoms with E-state index in [1.165, 1.54) is 9.79 Å². The molecule has 3 nitrogen and oxygen atoms in total. The van der Waals surface area contributed by atoms with Gasteiger partial charge in [-0.1, -0.05) is 54.2 Å². The quantitative estimate of drug-likeness (QED) is 0.704. The van der Waals surface area contributed by atoms with Gasteiger partial charge in [-0.05, 0) is 36.4 Å². The first-order chi connectivity index (χ1) is 12.3. The summed E-state index contributed by atoms with van der Waals surface area (Å²) in [4.78, 5) is 4.67. The smallest absolute Gasteiger partial charge is 0.0891 e. The van der Waals surface area contributed by atoms with Crippen LogP contribution in [0, 0.1) is 0 Å². The lowest BCUT2D eigenvalue weighted by Gasteiger charge is -2.34. The van der Waals surface area contributed by atoms with Gasteiger partial charge < -0.3 is 27.7 Å². The van der Waals surface area contributed by atoms with Crippen LogP contribution >= 0.6 is 11.8 Å². The number of aliphatic hydroxyl groups excluding tert-OH is 1. The van der Waals surface area contributed by atoms with Crippen molar-refractivity contribution in [2.75, 3.05) is 23.3 Å². The molecule has 0 bridgehead atoms. The molecule has 4 rings (SSSR count). The fourth-order valence-electron chi connectivity index (χ4n) is 3.04. The maximum absolute atomic E-state index is 10.6. The van der Waals surface area contributed by atoms with Crippen molar-refractivity contribution >= 4 is 28.8 Å². The fourth-order valence-corrected chi connectivity index (χ4v) is 4.14. The van der Waals surface area contributed by atoms with Crippen LogP contribution in [0.15, 0.2) is 88.7 Å². The van der Waals surface area contributed by atoms with Crippen LogP contribution in [0.1, 0.15) is 0 Å². The Balaban J connectivity index is 0.00000196. The molecule has 3 aromatic rings. The third kappa shape index (κ3) is 3.98. The first-order valence-corrected chi connectivity index (χ1v) is 9.23. The van der Waals surface area contributed by atoms with E-state index in [9.17, 15) is 5.11 Å². The summed E-state index contributed by atoms with van der Waals surface area (Å²) in [5.74, 6) is 0. The zero-order valence-electron chi connectivity index (χ0n) is 14.2. The van der Waals surface area contributed by atoms with E-state index in [1.54, 1.807) is 11.8 Å². The van der Waals surface area contributed by atoms with Gasteiger partial charge in [-0.25, -0.2) is 0 Å². The number of hydrogen-bond donors (Lipinski definition) is 2. The zero-order valence-corrected chi connectivity index (χ0v) is 15.8. The molecular formula is C21H20ClN2OS-. The van der Waals surface area contributed by atoms with E-state index in [4.69, 9.17) is 0 Å². The molecule has 5 heteroatoms. The molecule has 0 saturated heterocycles. The Morgan fingerprint density at radius 2 is 1.35 bits per heavy atom. The van der Waals surface area contributed by atoms with E-state index in [2.05, 4.69) is 58.7 Å². The minimum absolute atomic E-state index is 0. The Morgan fingerprint density at radius 3 is 1.96 bits per heavy atom. The van der Waals surface area contributed by atoms with Crippen molar-refractivity contribution < 1.29 is 17.5 Å². The number of β-amino-alcohol motifs (C(OH)–C–C–N with tert-alkyl or cyclic N) is 1. The van der Waals surface area contributed by atoms with E-state index >= 15 is 0 Å². The third-order valence-electron chi connectivity index (χ3n) is 4.24. The summed E-state index contributed by atoms with van der Waals surface area (Å²) in [6.45, 7) is 1.06. The van der Waals surface area contributed by atoms with Crippen LogP contribution in [0.25, 0.3) is 0 Å². The van der Waals surface area contributed by atoms with Crippen LogP contribution in [0.5, 0.6) is 0 Å². The number of hydrogen-bond acceptors (Lipinski definition) is 4. The van der Waals surface area contributed by atoms with Crippen molar-refractivity contribution in [3.05, 3.63) is 78.9 Å². The van der Waals surface area contributed by atoms with Crippen molar-refractivity contribution in [2.45, 2.75) is 15.9 Å². The van der Waals surface area contributed by atoms with Crippen LogP contribution in [0.2, 0.25) is 0 Å².